The first-order valence-corrected chi connectivity index (χ1v) is 16.2. The predicted octanol–water partition coefficient (Wildman–Crippen LogP) is 9.36. The van der Waals surface area contributed by atoms with Gasteiger partial charge in [-0.15, -0.1) is 23.2 Å². The molecule has 0 spiro atoms. The highest BCUT2D eigenvalue weighted by molar-refractivity contribution is 6.53. The number of amides is 4. The maximum atomic E-state index is 16.0. The van der Waals surface area contributed by atoms with Gasteiger partial charge in [0.15, 0.2) is 23.2 Å². The zero-order valence-electron chi connectivity index (χ0n) is 28.1. The molecular weight excluding hydrogens is 745 g/mol. The Morgan fingerprint density at radius 2 is 1.37 bits per heavy atom. The molecule has 0 aromatic heterocycles. The fourth-order valence-electron chi connectivity index (χ4n) is 4.94. The Kier molecular flexibility index (Phi) is 11.2. The van der Waals surface area contributed by atoms with Crippen molar-refractivity contribution in [3.63, 3.8) is 0 Å². The summed E-state index contributed by atoms with van der Waals surface area (Å²) in [6.45, 7) is 8.73. The van der Waals surface area contributed by atoms with Crippen LogP contribution in [0.5, 0.6) is 5.75 Å². The molecule has 4 rings (SSSR count). The average Bonchev–Trinajstić information content (AvgIpc) is 3.57. The highest BCUT2D eigenvalue weighted by atomic mass is 35.5. The Hall–Kier alpha value is -4.27. The molecule has 2 N–H and O–H groups in total. The summed E-state index contributed by atoms with van der Waals surface area (Å²) < 4.78 is 73.9. The molecule has 3 aromatic rings. The summed E-state index contributed by atoms with van der Waals surface area (Å²) >= 11 is 18.6. The van der Waals surface area contributed by atoms with Gasteiger partial charge in [0.1, 0.15) is 27.0 Å². The predicted molar refractivity (Wildman–Crippen MR) is 183 cm³/mol. The lowest BCUT2D eigenvalue weighted by atomic mass is 10.1. The Morgan fingerprint density at radius 1 is 0.804 bits per heavy atom. The number of benzene rings is 3. The van der Waals surface area contributed by atoms with Crippen molar-refractivity contribution in [1.29, 1.82) is 0 Å². The third kappa shape index (κ3) is 8.79. The molecule has 1 saturated carbocycles. The molecule has 0 aliphatic heterocycles. The zero-order valence-corrected chi connectivity index (χ0v) is 30.4. The number of nitrogens with zero attached hydrogens (tertiary/aromatic N) is 1. The van der Waals surface area contributed by atoms with E-state index in [2.05, 4.69) is 10.6 Å². The summed E-state index contributed by atoms with van der Waals surface area (Å²) in [7, 11) is 1.04. The van der Waals surface area contributed by atoms with Crippen molar-refractivity contribution in [3.8, 4) is 5.75 Å². The van der Waals surface area contributed by atoms with Crippen molar-refractivity contribution < 1.29 is 51.0 Å². The number of nitrogens with one attached hydrogen (secondary N) is 2. The van der Waals surface area contributed by atoms with Crippen LogP contribution in [0, 0.1) is 29.2 Å². The number of methoxy groups -OCH3 is 1. The van der Waals surface area contributed by atoms with Crippen LogP contribution in [0.4, 0.5) is 44.2 Å². The molecule has 17 heteroatoms. The number of hydrogen-bond donors (Lipinski definition) is 2. The van der Waals surface area contributed by atoms with E-state index in [-0.39, 0.29) is 15.6 Å². The van der Waals surface area contributed by atoms with Crippen LogP contribution < -0.4 is 20.3 Å². The second kappa shape index (κ2) is 14.4. The van der Waals surface area contributed by atoms with Crippen molar-refractivity contribution in [2.75, 3.05) is 22.6 Å². The first-order valence-electron chi connectivity index (χ1n) is 15.0. The lowest BCUT2D eigenvalue weighted by molar-refractivity contribution is -0.117. The minimum absolute atomic E-state index is 0.00599. The molecule has 0 radical (unpaired) electrons. The number of anilines is 3. The largest absolute Gasteiger partial charge is 0.493 e. The van der Waals surface area contributed by atoms with Crippen molar-refractivity contribution in [1.82, 2.24) is 0 Å². The normalized spacial score (nSPS) is 16.5. The van der Waals surface area contributed by atoms with E-state index in [0.29, 0.717) is 11.6 Å². The summed E-state index contributed by atoms with van der Waals surface area (Å²) in [6.07, 6.45) is -2.97. The number of alkyl halides is 2. The number of carbonyl (C=O) groups excluding carboxylic acids is 4. The monoisotopic (exact) mass is 775 g/mol. The van der Waals surface area contributed by atoms with Crippen LogP contribution in [0.1, 0.15) is 63.4 Å². The van der Waals surface area contributed by atoms with Gasteiger partial charge in [0, 0.05) is 17.7 Å². The molecule has 274 valence electrons. The van der Waals surface area contributed by atoms with E-state index in [1.807, 2.05) is 0 Å². The second-order valence-corrected chi connectivity index (χ2v) is 15.2. The topological polar surface area (TPSA) is 123 Å². The van der Waals surface area contributed by atoms with Crippen molar-refractivity contribution in [2.24, 2.45) is 5.92 Å². The average molecular weight is 777 g/mol. The minimum atomic E-state index is -1.64. The van der Waals surface area contributed by atoms with Gasteiger partial charge in [-0.3, -0.25) is 9.59 Å². The first-order chi connectivity index (χ1) is 23.5. The van der Waals surface area contributed by atoms with E-state index in [1.165, 1.54) is 53.7 Å². The molecule has 1 aliphatic rings. The van der Waals surface area contributed by atoms with E-state index in [9.17, 15) is 23.6 Å². The van der Waals surface area contributed by atoms with E-state index in [1.54, 1.807) is 0 Å². The Labute approximate surface area is 305 Å². The summed E-state index contributed by atoms with van der Waals surface area (Å²) in [5, 5.41) is 4.33. The van der Waals surface area contributed by atoms with Gasteiger partial charge in [-0.1, -0.05) is 17.7 Å². The van der Waals surface area contributed by atoms with Gasteiger partial charge < -0.3 is 24.8 Å². The zero-order chi connectivity index (χ0) is 38.4. The first kappa shape index (κ1) is 39.5. The van der Waals surface area contributed by atoms with Gasteiger partial charge in [-0.05, 0) is 77.4 Å². The third-order valence-electron chi connectivity index (χ3n) is 7.09. The van der Waals surface area contributed by atoms with Gasteiger partial charge in [-0.25, -0.2) is 27.2 Å². The van der Waals surface area contributed by atoms with Gasteiger partial charge >= 0.3 is 12.2 Å². The number of rotatable bonds is 7. The van der Waals surface area contributed by atoms with Crippen LogP contribution in [0.25, 0.3) is 0 Å². The fraction of sp³-hybridized carbons (Fsp3) is 0.353. The number of imide groups is 1. The van der Waals surface area contributed by atoms with E-state index >= 15 is 13.2 Å². The molecule has 1 aliphatic carbocycles. The molecule has 3 aromatic carbocycles. The molecular formula is C34H32Cl3F4N3O7. The van der Waals surface area contributed by atoms with Crippen molar-refractivity contribution in [2.45, 2.75) is 63.0 Å². The standard InChI is InChI=1S/C34H32Cl3F4N3O7/c1-32(2,3)50-30(47)44(31(48)51-33(4,5)6)26-20(39)10-11-22(25(26)41)43-28(45)17-13-16(14-21(40)27(17)49-7)42-29(46)24-23(34(24,36)37)15-8-9-19(38)18(35)12-15/h8-14,23-24H,1-7H3,(H,42,46)(H,43,45)/t23-,24+/m0/s1. The van der Waals surface area contributed by atoms with Gasteiger partial charge in [0.05, 0.1) is 29.3 Å². The molecule has 1 fully saturated rings. The lowest BCUT2D eigenvalue weighted by Gasteiger charge is -2.29. The molecule has 51 heavy (non-hydrogen) atoms. The summed E-state index contributed by atoms with van der Waals surface area (Å²) in [5.74, 6) is -9.35. The molecule has 0 saturated heterocycles. The quantitative estimate of drug-likeness (QED) is 0.181. The SMILES string of the molecule is COc1c(F)cc(NC(=O)[C@H]2[C@H](c3ccc(F)c(Cl)c3)C2(Cl)Cl)cc1C(=O)Nc1ccc(F)c(N(C(=O)OC(C)(C)C)C(=O)OC(C)(C)C)c1F. The van der Waals surface area contributed by atoms with Crippen LogP contribution in [-0.2, 0) is 14.3 Å². The summed E-state index contributed by atoms with van der Waals surface area (Å²) in [6, 6.07) is 6.99. The lowest BCUT2D eigenvalue weighted by Crippen LogP contribution is -2.44. The van der Waals surface area contributed by atoms with Gasteiger partial charge in [0.2, 0.25) is 5.91 Å². The molecule has 10 nitrogen and oxygen atoms in total. The van der Waals surface area contributed by atoms with Crippen molar-refractivity contribution >= 4 is 75.9 Å². The Balaban J connectivity index is 1.66. The summed E-state index contributed by atoms with van der Waals surface area (Å²) in [4.78, 5) is 52.8. The minimum Gasteiger partial charge on any atom is -0.493 e. The van der Waals surface area contributed by atoms with Gasteiger partial charge in [-0.2, -0.15) is 4.90 Å². The third-order valence-corrected chi connectivity index (χ3v) is 8.32. The van der Waals surface area contributed by atoms with Gasteiger partial charge in [0.25, 0.3) is 5.91 Å². The van der Waals surface area contributed by atoms with Crippen LogP contribution in [-0.4, -0.2) is 46.6 Å². The molecule has 0 unspecified atom stereocenters. The van der Waals surface area contributed by atoms with E-state index in [0.717, 1.165) is 31.4 Å². The smallest absolute Gasteiger partial charge is 0.424 e. The Morgan fingerprint density at radius 3 is 1.90 bits per heavy atom. The summed E-state index contributed by atoms with van der Waals surface area (Å²) in [5.41, 5.74) is -4.86. The van der Waals surface area contributed by atoms with E-state index in [4.69, 9.17) is 49.0 Å². The number of carbonyl (C=O) groups is 4. The van der Waals surface area contributed by atoms with E-state index < -0.39 is 97.3 Å². The second-order valence-electron chi connectivity index (χ2n) is 13.3. The number of halogens is 7. The molecule has 2 atom stereocenters. The number of ether oxygens (including phenoxy) is 3. The van der Waals surface area contributed by atoms with Crippen LogP contribution in [0.3, 0.4) is 0 Å². The van der Waals surface area contributed by atoms with Crippen LogP contribution in [0.2, 0.25) is 5.02 Å². The highest BCUT2D eigenvalue weighted by Gasteiger charge is 2.67. The fourth-order valence-corrected chi connectivity index (χ4v) is 5.96. The van der Waals surface area contributed by atoms with Crippen LogP contribution >= 0.6 is 34.8 Å². The molecule has 0 heterocycles. The molecule has 0 bridgehead atoms. The molecule has 4 amide bonds. The maximum Gasteiger partial charge on any atom is 0.424 e. The highest BCUT2D eigenvalue weighted by Crippen LogP contribution is 2.65. The van der Waals surface area contributed by atoms with Crippen molar-refractivity contribution in [3.05, 3.63) is 81.9 Å². The van der Waals surface area contributed by atoms with Crippen LogP contribution in [0.15, 0.2) is 42.5 Å². The maximum absolute atomic E-state index is 16.0. The number of hydrogen-bond acceptors (Lipinski definition) is 7. The Bertz CT molecular complexity index is 1890.